The van der Waals surface area contributed by atoms with E-state index in [9.17, 15) is 0 Å². The van der Waals surface area contributed by atoms with Gasteiger partial charge in [0.1, 0.15) is 0 Å². The molecule has 1 nitrogen and oxygen atoms in total. The Balaban J connectivity index is 1.69. The Labute approximate surface area is 157 Å². The van der Waals surface area contributed by atoms with Crippen molar-refractivity contribution in [3.05, 3.63) is 65.2 Å². The first-order chi connectivity index (χ1) is 12.0. The molecular weight excluding hydrogens is 326 g/mol. The lowest BCUT2D eigenvalue weighted by Crippen LogP contribution is -2.43. The van der Waals surface area contributed by atoms with E-state index in [0.29, 0.717) is 12.1 Å². The first-order valence-electron chi connectivity index (χ1n) is 9.33. The quantitative estimate of drug-likeness (QED) is 0.593. The van der Waals surface area contributed by atoms with Crippen LogP contribution in [-0.2, 0) is 0 Å². The molecule has 2 aromatic rings. The third kappa shape index (κ3) is 4.54. The molecule has 132 valence electrons. The van der Waals surface area contributed by atoms with E-state index in [2.05, 4.69) is 68.1 Å². The topological polar surface area (TPSA) is 3.24 Å². The highest BCUT2D eigenvalue weighted by Crippen LogP contribution is 2.25. The normalized spacial score (nSPS) is 22.2. The number of rotatable bonds is 4. The Bertz CT molecular complexity index is 705. The summed E-state index contributed by atoms with van der Waals surface area (Å²) in [4.78, 5) is 2.63. The molecular formula is C23H28ClN. The molecule has 1 aliphatic rings. The molecule has 1 saturated heterocycles. The predicted octanol–water partition coefficient (Wildman–Crippen LogP) is 6.67. The standard InChI is InChI=1S/C23H28ClN/c1-17(15-16-25-18(2)5-4-6-19(25)3)20-7-9-21(10-8-20)22-11-13-23(24)14-12-22/h7-15,18-19H,4-6,16H2,1-3H3. The SMILES string of the molecule is CC(=CCN1C(C)CCCC1C)c1ccc(-c2ccc(Cl)cc2)cc1. The fourth-order valence-corrected chi connectivity index (χ4v) is 3.89. The van der Waals surface area contributed by atoms with E-state index in [0.717, 1.165) is 11.6 Å². The summed E-state index contributed by atoms with van der Waals surface area (Å²) in [5.41, 5.74) is 5.09. The highest BCUT2D eigenvalue weighted by atomic mass is 35.5. The molecule has 1 fully saturated rings. The maximum absolute atomic E-state index is 5.97. The molecule has 0 spiro atoms. The Morgan fingerprint density at radius 2 is 1.48 bits per heavy atom. The number of hydrogen-bond acceptors (Lipinski definition) is 1. The van der Waals surface area contributed by atoms with Crippen molar-refractivity contribution in [1.82, 2.24) is 4.90 Å². The van der Waals surface area contributed by atoms with Gasteiger partial charge in [-0.3, -0.25) is 4.90 Å². The Hall–Kier alpha value is -1.57. The molecule has 2 heteroatoms. The second-order valence-electron chi connectivity index (χ2n) is 7.30. The zero-order valence-corrected chi connectivity index (χ0v) is 16.3. The van der Waals surface area contributed by atoms with Crippen molar-refractivity contribution in [2.75, 3.05) is 6.54 Å². The molecule has 1 aliphatic heterocycles. The first-order valence-corrected chi connectivity index (χ1v) is 9.71. The third-order valence-corrected chi connectivity index (χ3v) is 5.75. The van der Waals surface area contributed by atoms with Crippen LogP contribution in [0, 0.1) is 0 Å². The summed E-state index contributed by atoms with van der Waals surface area (Å²) < 4.78 is 0. The van der Waals surface area contributed by atoms with Crippen molar-refractivity contribution in [1.29, 1.82) is 0 Å². The molecule has 2 aromatic carbocycles. The summed E-state index contributed by atoms with van der Waals surface area (Å²) in [5.74, 6) is 0. The molecule has 25 heavy (non-hydrogen) atoms. The van der Waals surface area contributed by atoms with Gasteiger partial charge in [-0.15, -0.1) is 0 Å². The number of nitrogens with zero attached hydrogens (tertiary/aromatic N) is 1. The molecule has 0 aliphatic carbocycles. The van der Waals surface area contributed by atoms with E-state index in [1.807, 2.05) is 12.1 Å². The highest BCUT2D eigenvalue weighted by molar-refractivity contribution is 6.30. The lowest BCUT2D eigenvalue weighted by Gasteiger charge is -2.38. The molecule has 0 saturated carbocycles. The van der Waals surface area contributed by atoms with Gasteiger partial charge in [0, 0.05) is 23.7 Å². The van der Waals surface area contributed by atoms with Crippen molar-refractivity contribution >= 4 is 17.2 Å². The van der Waals surface area contributed by atoms with Crippen LogP contribution in [0.5, 0.6) is 0 Å². The van der Waals surface area contributed by atoms with Gasteiger partial charge >= 0.3 is 0 Å². The monoisotopic (exact) mass is 353 g/mol. The van der Waals surface area contributed by atoms with Crippen molar-refractivity contribution in [2.45, 2.75) is 52.1 Å². The lowest BCUT2D eigenvalue weighted by atomic mass is 9.97. The predicted molar refractivity (Wildman–Crippen MR) is 110 cm³/mol. The first kappa shape index (κ1) is 18.2. The Morgan fingerprint density at radius 3 is 2.04 bits per heavy atom. The average molecular weight is 354 g/mol. The summed E-state index contributed by atoms with van der Waals surface area (Å²) in [7, 11) is 0. The number of allylic oxidation sites excluding steroid dienone is 1. The minimum absolute atomic E-state index is 0.695. The minimum atomic E-state index is 0.695. The van der Waals surface area contributed by atoms with Crippen molar-refractivity contribution in [3.8, 4) is 11.1 Å². The van der Waals surface area contributed by atoms with Crippen molar-refractivity contribution < 1.29 is 0 Å². The second kappa shape index (κ2) is 8.21. The van der Waals surface area contributed by atoms with Crippen LogP contribution in [-0.4, -0.2) is 23.5 Å². The van der Waals surface area contributed by atoms with Gasteiger partial charge in [-0.25, -0.2) is 0 Å². The zero-order chi connectivity index (χ0) is 17.8. The van der Waals surface area contributed by atoms with Gasteiger partial charge in [-0.1, -0.05) is 60.5 Å². The number of benzene rings is 2. The molecule has 0 bridgehead atoms. The maximum atomic E-state index is 5.97. The smallest absolute Gasteiger partial charge is 0.0406 e. The highest BCUT2D eigenvalue weighted by Gasteiger charge is 2.23. The van der Waals surface area contributed by atoms with Crippen LogP contribution in [0.25, 0.3) is 16.7 Å². The summed E-state index contributed by atoms with van der Waals surface area (Å²) >= 11 is 5.97. The number of piperidine rings is 1. The maximum Gasteiger partial charge on any atom is 0.0406 e. The van der Waals surface area contributed by atoms with Gasteiger partial charge < -0.3 is 0 Å². The van der Waals surface area contributed by atoms with Crippen LogP contribution in [0.3, 0.4) is 0 Å². The molecule has 1 heterocycles. The average Bonchev–Trinajstić information content (AvgIpc) is 2.62. The van der Waals surface area contributed by atoms with Crippen LogP contribution in [0.4, 0.5) is 0 Å². The molecule has 2 unspecified atom stereocenters. The van der Waals surface area contributed by atoms with Crippen LogP contribution < -0.4 is 0 Å². The molecule has 3 rings (SSSR count). The number of halogens is 1. The van der Waals surface area contributed by atoms with Gasteiger partial charge in [0.15, 0.2) is 0 Å². The summed E-state index contributed by atoms with van der Waals surface area (Å²) in [5, 5.41) is 0.778. The fourth-order valence-electron chi connectivity index (χ4n) is 3.76. The molecule has 0 radical (unpaired) electrons. The van der Waals surface area contributed by atoms with E-state index in [1.165, 1.54) is 41.5 Å². The van der Waals surface area contributed by atoms with Crippen LogP contribution in [0.2, 0.25) is 5.02 Å². The second-order valence-corrected chi connectivity index (χ2v) is 7.73. The number of likely N-dealkylation sites (tertiary alicyclic amines) is 1. The van der Waals surface area contributed by atoms with Crippen LogP contribution in [0.1, 0.15) is 45.6 Å². The van der Waals surface area contributed by atoms with E-state index < -0.39 is 0 Å². The summed E-state index contributed by atoms with van der Waals surface area (Å²) in [6.45, 7) is 7.99. The van der Waals surface area contributed by atoms with E-state index in [-0.39, 0.29) is 0 Å². The largest absolute Gasteiger partial charge is 0.294 e. The van der Waals surface area contributed by atoms with Gasteiger partial charge in [0.05, 0.1) is 0 Å². The molecule has 2 atom stereocenters. The van der Waals surface area contributed by atoms with Gasteiger partial charge in [0.2, 0.25) is 0 Å². The lowest BCUT2D eigenvalue weighted by molar-refractivity contribution is 0.119. The zero-order valence-electron chi connectivity index (χ0n) is 15.5. The van der Waals surface area contributed by atoms with Gasteiger partial charge in [0.25, 0.3) is 0 Å². The fraction of sp³-hybridized carbons (Fsp3) is 0.391. The summed E-state index contributed by atoms with van der Waals surface area (Å²) in [6.07, 6.45) is 6.41. The summed E-state index contributed by atoms with van der Waals surface area (Å²) in [6, 6.07) is 18.2. The van der Waals surface area contributed by atoms with Crippen molar-refractivity contribution in [3.63, 3.8) is 0 Å². The van der Waals surface area contributed by atoms with Crippen LogP contribution in [0.15, 0.2) is 54.6 Å². The molecule has 0 aromatic heterocycles. The number of hydrogen-bond donors (Lipinski definition) is 0. The van der Waals surface area contributed by atoms with E-state index in [1.54, 1.807) is 0 Å². The van der Waals surface area contributed by atoms with Gasteiger partial charge in [-0.05, 0) is 68.0 Å². The molecule has 0 N–H and O–H groups in total. The third-order valence-electron chi connectivity index (χ3n) is 5.50. The van der Waals surface area contributed by atoms with E-state index >= 15 is 0 Å². The van der Waals surface area contributed by atoms with Crippen LogP contribution >= 0.6 is 11.6 Å². The Morgan fingerprint density at radius 1 is 0.960 bits per heavy atom. The van der Waals surface area contributed by atoms with Gasteiger partial charge in [-0.2, -0.15) is 0 Å². The Kier molecular flexibility index (Phi) is 5.98. The molecule has 0 amide bonds. The van der Waals surface area contributed by atoms with E-state index in [4.69, 9.17) is 11.6 Å². The minimum Gasteiger partial charge on any atom is -0.294 e. The van der Waals surface area contributed by atoms with Crippen molar-refractivity contribution in [2.24, 2.45) is 0 Å².